The highest BCUT2D eigenvalue weighted by molar-refractivity contribution is 7.92. The van der Waals surface area contributed by atoms with Gasteiger partial charge in [0.2, 0.25) is 15.9 Å². The Labute approximate surface area is 179 Å². The van der Waals surface area contributed by atoms with Crippen molar-refractivity contribution in [2.24, 2.45) is 0 Å². The molecular weight excluding hydrogens is 400 g/mol. The molecule has 3 rings (SSSR count). The fourth-order valence-corrected chi connectivity index (χ4v) is 5.09. The summed E-state index contributed by atoms with van der Waals surface area (Å²) in [6, 6.07) is 13.7. The average Bonchev–Trinajstić information content (AvgIpc) is 2.66. The van der Waals surface area contributed by atoms with E-state index in [0.29, 0.717) is 12.1 Å². The zero-order valence-electron chi connectivity index (χ0n) is 18.2. The molecule has 7 heteroatoms. The van der Waals surface area contributed by atoms with Crippen molar-refractivity contribution in [2.45, 2.75) is 58.2 Å². The third-order valence-electron chi connectivity index (χ3n) is 5.38. The summed E-state index contributed by atoms with van der Waals surface area (Å²) in [6.07, 6.45) is 2.57. The van der Waals surface area contributed by atoms with Crippen LogP contribution < -0.4 is 14.4 Å². The van der Waals surface area contributed by atoms with Crippen molar-refractivity contribution in [3.8, 4) is 5.75 Å². The second-order valence-electron chi connectivity index (χ2n) is 8.42. The van der Waals surface area contributed by atoms with Crippen LogP contribution in [0.4, 0.5) is 5.69 Å². The van der Waals surface area contributed by atoms with Gasteiger partial charge in [0.05, 0.1) is 18.0 Å². The van der Waals surface area contributed by atoms with Crippen LogP contribution in [0.25, 0.3) is 0 Å². The van der Waals surface area contributed by atoms with Gasteiger partial charge in [-0.25, -0.2) is 8.42 Å². The quantitative estimate of drug-likeness (QED) is 0.756. The van der Waals surface area contributed by atoms with Crippen LogP contribution in [0.5, 0.6) is 5.75 Å². The number of ether oxygens (including phenoxy) is 1. The Morgan fingerprint density at radius 2 is 1.83 bits per heavy atom. The molecule has 0 aliphatic carbocycles. The molecule has 0 fully saturated rings. The predicted octanol–water partition coefficient (Wildman–Crippen LogP) is 3.82. The molecule has 1 amide bonds. The maximum absolute atomic E-state index is 13.2. The maximum atomic E-state index is 13.2. The van der Waals surface area contributed by atoms with Crippen molar-refractivity contribution >= 4 is 21.6 Å². The van der Waals surface area contributed by atoms with Gasteiger partial charge in [-0.05, 0) is 51.0 Å². The van der Waals surface area contributed by atoms with E-state index in [1.54, 1.807) is 19.1 Å². The number of para-hydroxylation sites is 1. The van der Waals surface area contributed by atoms with Gasteiger partial charge in [0, 0.05) is 12.0 Å². The van der Waals surface area contributed by atoms with Gasteiger partial charge < -0.3 is 10.1 Å². The Kier molecular flexibility index (Phi) is 6.13. The van der Waals surface area contributed by atoms with Crippen molar-refractivity contribution in [3.63, 3.8) is 0 Å². The van der Waals surface area contributed by atoms with Crippen molar-refractivity contribution in [3.05, 3.63) is 59.7 Å². The molecule has 1 aliphatic heterocycles. The normalized spacial score (nSPS) is 18.6. The minimum absolute atomic E-state index is 0.260. The summed E-state index contributed by atoms with van der Waals surface area (Å²) in [7, 11) is -3.66. The lowest BCUT2D eigenvalue weighted by Gasteiger charge is -2.38. The number of hydrogen-bond donors (Lipinski definition) is 1. The van der Waals surface area contributed by atoms with Crippen LogP contribution in [0.3, 0.4) is 0 Å². The molecular formula is C23H30N2O4S. The first-order valence-electron chi connectivity index (χ1n) is 10.2. The lowest BCUT2D eigenvalue weighted by molar-refractivity contribution is -0.123. The summed E-state index contributed by atoms with van der Waals surface area (Å²) in [4.78, 5) is 13.2. The van der Waals surface area contributed by atoms with Gasteiger partial charge in [-0.15, -0.1) is 0 Å². The Bertz CT molecular complexity index is 1020. The van der Waals surface area contributed by atoms with Crippen LogP contribution in [0.2, 0.25) is 0 Å². The highest BCUT2D eigenvalue weighted by Gasteiger charge is 2.36. The number of nitrogens with one attached hydrogen (secondary N) is 1. The number of sulfonamides is 1. The minimum atomic E-state index is -3.66. The van der Waals surface area contributed by atoms with Crippen molar-refractivity contribution in [2.75, 3.05) is 10.6 Å². The Morgan fingerprint density at radius 3 is 2.43 bits per heavy atom. The van der Waals surface area contributed by atoms with Crippen molar-refractivity contribution in [1.29, 1.82) is 0 Å². The van der Waals surface area contributed by atoms with Crippen LogP contribution in [-0.4, -0.2) is 32.2 Å². The standard InChI is InChI=1S/C23H30N2O4S/c1-6-17-11-13-18(14-12-17)25(30(5,27)28)16(2)22(26)24-20-15-23(3,4)29-21-10-8-7-9-19(20)21/h7-14,16,20H,6,15H2,1-5H3,(H,24,26)/t16-,20-/m1/s1. The van der Waals surface area contributed by atoms with E-state index in [4.69, 9.17) is 4.74 Å². The van der Waals surface area contributed by atoms with Gasteiger partial charge in [-0.1, -0.05) is 37.3 Å². The molecule has 30 heavy (non-hydrogen) atoms. The second-order valence-corrected chi connectivity index (χ2v) is 10.3. The fourth-order valence-electron chi connectivity index (χ4n) is 3.91. The van der Waals surface area contributed by atoms with Crippen LogP contribution in [0.15, 0.2) is 48.5 Å². The van der Waals surface area contributed by atoms with Gasteiger partial charge in [-0.2, -0.15) is 0 Å². The molecule has 0 aromatic heterocycles. The van der Waals surface area contributed by atoms with Crippen LogP contribution in [0.1, 0.15) is 51.3 Å². The number of anilines is 1. The highest BCUT2D eigenvalue weighted by atomic mass is 32.2. The summed E-state index contributed by atoms with van der Waals surface area (Å²) >= 11 is 0. The summed E-state index contributed by atoms with van der Waals surface area (Å²) in [6.45, 7) is 7.60. The maximum Gasteiger partial charge on any atom is 0.244 e. The van der Waals surface area contributed by atoms with E-state index in [1.807, 2.05) is 57.2 Å². The number of hydrogen-bond acceptors (Lipinski definition) is 4. The number of carbonyl (C=O) groups excluding carboxylic acids is 1. The fraction of sp³-hybridized carbons (Fsp3) is 0.435. The molecule has 0 bridgehead atoms. The van der Waals surface area contributed by atoms with E-state index in [-0.39, 0.29) is 11.9 Å². The monoisotopic (exact) mass is 430 g/mol. The Balaban J connectivity index is 1.87. The number of rotatable bonds is 6. The SMILES string of the molecule is CCc1ccc(N([C@H](C)C(=O)N[C@@H]2CC(C)(C)Oc3ccccc32)S(C)(=O)=O)cc1. The zero-order chi connectivity index (χ0) is 22.1. The van der Waals surface area contributed by atoms with Crippen molar-refractivity contribution in [1.82, 2.24) is 5.32 Å². The average molecular weight is 431 g/mol. The van der Waals surface area contributed by atoms with E-state index >= 15 is 0 Å². The smallest absolute Gasteiger partial charge is 0.244 e. The lowest BCUT2D eigenvalue weighted by atomic mass is 9.89. The molecule has 0 saturated carbocycles. The first-order chi connectivity index (χ1) is 14.0. The van der Waals surface area contributed by atoms with E-state index in [2.05, 4.69) is 5.32 Å². The summed E-state index contributed by atoms with van der Waals surface area (Å²) < 4.78 is 32.3. The molecule has 1 heterocycles. The summed E-state index contributed by atoms with van der Waals surface area (Å²) in [5.74, 6) is 0.388. The van der Waals surface area contributed by atoms with Crippen LogP contribution in [0, 0.1) is 0 Å². The Hall–Kier alpha value is -2.54. The van der Waals surface area contributed by atoms with E-state index in [9.17, 15) is 13.2 Å². The molecule has 2 aromatic carbocycles. The second kappa shape index (κ2) is 8.30. The first kappa shape index (κ1) is 22.2. The molecule has 0 radical (unpaired) electrons. The van der Waals surface area contributed by atoms with Gasteiger partial charge in [0.25, 0.3) is 0 Å². The molecule has 2 atom stereocenters. The topological polar surface area (TPSA) is 75.7 Å². The third-order valence-corrected chi connectivity index (χ3v) is 6.62. The van der Waals surface area contributed by atoms with Gasteiger partial charge in [0.1, 0.15) is 17.4 Å². The molecule has 6 nitrogen and oxygen atoms in total. The number of fused-ring (bicyclic) bond motifs is 1. The highest BCUT2D eigenvalue weighted by Crippen LogP contribution is 2.39. The largest absolute Gasteiger partial charge is 0.487 e. The summed E-state index contributed by atoms with van der Waals surface area (Å²) in [5, 5.41) is 3.05. The van der Waals surface area contributed by atoms with E-state index in [1.165, 1.54) is 4.31 Å². The molecule has 0 spiro atoms. The molecule has 162 valence electrons. The minimum Gasteiger partial charge on any atom is -0.487 e. The first-order valence-corrected chi connectivity index (χ1v) is 12.0. The number of carbonyl (C=O) groups is 1. The number of amides is 1. The van der Waals surface area contributed by atoms with E-state index < -0.39 is 21.7 Å². The molecule has 2 aromatic rings. The van der Waals surface area contributed by atoms with Crippen LogP contribution in [-0.2, 0) is 21.2 Å². The summed E-state index contributed by atoms with van der Waals surface area (Å²) in [5.41, 5.74) is 2.04. The lowest BCUT2D eigenvalue weighted by Crippen LogP contribution is -2.50. The Morgan fingerprint density at radius 1 is 1.20 bits per heavy atom. The van der Waals surface area contributed by atoms with Crippen molar-refractivity contribution < 1.29 is 17.9 Å². The predicted molar refractivity (Wildman–Crippen MR) is 119 cm³/mol. The number of aryl methyl sites for hydroxylation is 1. The van der Waals surface area contributed by atoms with Crippen LogP contribution >= 0.6 is 0 Å². The zero-order valence-corrected chi connectivity index (χ0v) is 19.0. The number of benzene rings is 2. The van der Waals surface area contributed by atoms with Gasteiger partial charge >= 0.3 is 0 Å². The molecule has 1 aliphatic rings. The number of nitrogens with zero attached hydrogens (tertiary/aromatic N) is 1. The molecule has 0 saturated heterocycles. The third kappa shape index (κ3) is 4.78. The van der Waals surface area contributed by atoms with Gasteiger partial charge in [-0.3, -0.25) is 9.10 Å². The van der Waals surface area contributed by atoms with Gasteiger partial charge in [0.15, 0.2) is 0 Å². The molecule has 1 N–H and O–H groups in total. The van der Waals surface area contributed by atoms with E-state index in [0.717, 1.165) is 29.6 Å². The molecule has 0 unspecified atom stereocenters.